The average molecular weight is 289 g/mol. The first-order valence-electron chi connectivity index (χ1n) is 6.20. The van der Waals surface area contributed by atoms with E-state index in [2.05, 4.69) is 15.6 Å². The highest BCUT2D eigenvalue weighted by molar-refractivity contribution is 7.13. The number of amides is 2. The van der Waals surface area contributed by atoms with E-state index in [1.807, 2.05) is 37.3 Å². The summed E-state index contributed by atoms with van der Waals surface area (Å²) in [5.41, 5.74) is 1.12. The van der Waals surface area contributed by atoms with E-state index in [9.17, 15) is 9.59 Å². The summed E-state index contributed by atoms with van der Waals surface area (Å²) in [7, 11) is 0. The average Bonchev–Trinajstić information content (AvgIpc) is 2.98. The molecule has 1 aromatic carbocycles. The molecule has 104 valence electrons. The zero-order chi connectivity index (χ0) is 14.4. The zero-order valence-corrected chi connectivity index (χ0v) is 11.8. The van der Waals surface area contributed by atoms with Crippen LogP contribution in [0, 0.1) is 0 Å². The van der Waals surface area contributed by atoms with Crippen molar-refractivity contribution in [3.8, 4) is 0 Å². The lowest BCUT2D eigenvalue weighted by molar-refractivity contribution is -0.136. The fraction of sp³-hybridized carbons (Fsp3) is 0.214. The van der Waals surface area contributed by atoms with Gasteiger partial charge < -0.3 is 5.32 Å². The first-order chi connectivity index (χ1) is 9.66. The second-order valence-electron chi connectivity index (χ2n) is 4.31. The number of anilines is 1. The summed E-state index contributed by atoms with van der Waals surface area (Å²) in [6.07, 6.45) is 1.57. The number of benzene rings is 1. The van der Waals surface area contributed by atoms with Crippen LogP contribution in [0.2, 0.25) is 0 Å². The van der Waals surface area contributed by atoms with Crippen LogP contribution in [0.5, 0.6) is 0 Å². The van der Waals surface area contributed by atoms with Crippen molar-refractivity contribution in [3.63, 3.8) is 0 Å². The van der Waals surface area contributed by atoms with Gasteiger partial charge in [0.15, 0.2) is 5.13 Å². The van der Waals surface area contributed by atoms with Crippen molar-refractivity contribution in [3.05, 3.63) is 47.5 Å². The Kier molecular flexibility index (Phi) is 4.84. The van der Waals surface area contributed by atoms with Crippen LogP contribution >= 0.6 is 11.3 Å². The van der Waals surface area contributed by atoms with Crippen LogP contribution in [0.3, 0.4) is 0 Å². The van der Waals surface area contributed by atoms with Gasteiger partial charge >= 0.3 is 11.8 Å². The normalized spacial score (nSPS) is 11.7. The summed E-state index contributed by atoms with van der Waals surface area (Å²) in [6, 6.07) is 9.82. The number of nitrogens with one attached hydrogen (secondary N) is 2. The van der Waals surface area contributed by atoms with E-state index in [1.54, 1.807) is 11.6 Å². The Morgan fingerprint density at radius 1 is 1.25 bits per heavy atom. The van der Waals surface area contributed by atoms with Gasteiger partial charge in [0, 0.05) is 18.1 Å². The number of rotatable bonds is 4. The Hall–Kier alpha value is -2.21. The molecule has 0 radical (unpaired) electrons. The van der Waals surface area contributed by atoms with E-state index >= 15 is 0 Å². The van der Waals surface area contributed by atoms with Crippen molar-refractivity contribution in [2.24, 2.45) is 0 Å². The molecule has 6 heteroatoms. The van der Waals surface area contributed by atoms with Gasteiger partial charge in [0.1, 0.15) is 0 Å². The molecule has 20 heavy (non-hydrogen) atoms. The summed E-state index contributed by atoms with van der Waals surface area (Å²) >= 11 is 1.27. The van der Waals surface area contributed by atoms with Crippen molar-refractivity contribution in [1.29, 1.82) is 0 Å². The highest BCUT2D eigenvalue weighted by Crippen LogP contribution is 2.13. The van der Waals surface area contributed by atoms with Crippen LogP contribution in [0.15, 0.2) is 41.9 Å². The summed E-state index contributed by atoms with van der Waals surface area (Å²) < 4.78 is 0. The fourth-order valence-electron chi connectivity index (χ4n) is 1.66. The van der Waals surface area contributed by atoms with Gasteiger partial charge in [0.2, 0.25) is 0 Å². The Morgan fingerprint density at radius 3 is 2.65 bits per heavy atom. The topological polar surface area (TPSA) is 71.1 Å². The van der Waals surface area contributed by atoms with Gasteiger partial charge in [-0.1, -0.05) is 37.3 Å². The molecule has 0 fully saturated rings. The molecule has 0 aliphatic rings. The van der Waals surface area contributed by atoms with Crippen molar-refractivity contribution < 1.29 is 9.59 Å². The lowest BCUT2D eigenvalue weighted by Crippen LogP contribution is -2.37. The highest BCUT2D eigenvalue weighted by Gasteiger charge is 2.15. The second-order valence-corrected chi connectivity index (χ2v) is 5.21. The maximum absolute atomic E-state index is 11.7. The molecule has 0 saturated heterocycles. The fourth-order valence-corrected chi connectivity index (χ4v) is 2.19. The number of hydrogen-bond donors (Lipinski definition) is 2. The molecular formula is C14H15N3O2S. The van der Waals surface area contributed by atoms with Crippen molar-refractivity contribution >= 4 is 28.3 Å². The molecule has 2 amide bonds. The van der Waals surface area contributed by atoms with E-state index in [0.717, 1.165) is 5.56 Å². The molecule has 1 atom stereocenters. The molecule has 0 spiro atoms. The second kappa shape index (κ2) is 6.81. The minimum absolute atomic E-state index is 0.146. The van der Waals surface area contributed by atoms with Gasteiger partial charge in [-0.2, -0.15) is 0 Å². The lowest BCUT2D eigenvalue weighted by atomic mass is 10.0. The number of carbonyl (C=O) groups is 2. The minimum Gasteiger partial charge on any atom is -0.347 e. The molecule has 0 aliphatic carbocycles. The Bertz CT molecular complexity index is 569. The monoisotopic (exact) mass is 289 g/mol. The van der Waals surface area contributed by atoms with Crippen molar-refractivity contribution in [2.75, 3.05) is 11.9 Å². The number of carbonyl (C=O) groups excluding carboxylic acids is 2. The van der Waals surface area contributed by atoms with Crippen LogP contribution in [-0.2, 0) is 9.59 Å². The van der Waals surface area contributed by atoms with E-state index in [1.165, 1.54) is 11.3 Å². The van der Waals surface area contributed by atoms with Crippen LogP contribution < -0.4 is 10.6 Å². The van der Waals surface area contributed by atoms with Crippen LogP contribution in [0.4, 0.5) is 5.13 Å². The molecule has 1 heterocycles. The first kappa shape index (κ1) is 14.2. The molecule has 2 aromatic rings. The van der Waals surface area contributed by atoms with Crippen molar-refractivity contribution in [1.82, 2.24) is 10.3 Å². The van der Waals surface area contributed by atoms with E-state index in [-0.39, 0.29) is 5.92 Å². The number of nitrogens with zero attached hydrogens (tertiary/aromatic N) is 1. The third-order valence-corrected chi connectivity index (χ3v) is 3.48. The Balaban J connectivity index is 1.81. The van der Waals surface area contributed by atoms with Crippen LogP contribution in [0.1, 0.15) is 18.4 Å². The Morgan fingerprint density at radius 2 is 2.00 bits per heavy atom. The molecule has 0 saturated carbocycles. The summed E-state index contributed by atoms with van der Waals surface area (Å²) in [5.74, 6) is -1.20. The number of thiazole rings is 1. The maximum Gasteiger partial charge on any atom is 0.315 e. The van der Waals surface area contributed by atoms with E-state index in [4.69, 9.17) is 0 Å². The molecule has 0 bridgehead atoms. The minimum atomic E-state index is -0.694. The van der Waals surface area contributed by atoms with E-state index in [0.29, 0.717) is 11.7 Å². The van der Waals surface area contributed by atoms with Gasteiger partial charge in [0.05, 0.1) is 0 Å². The SMILES string of the molecule is C[C@H](CNC(=O)C(=O)Nc1nccs1)c1ccccc1. The zero-order valence-electron chi connectivity index (χ0n) is 11.0. The van der Waals surface area contributed by atoms with E-state index < -0.39 is 11.8 Å². The summed E-state index contributed by atoms with van der Waals surface area (Å²) in [4.78, 5) is 27.1. The molecule has 0 aliphatic heterocycles. The highest BCUT2D eigenvalue weighted by atomic mass is 32.1. The van der Waals surface area contributed by atoms with Crippen molar-refractivity contribution in [2.45, 2.75) is 12.8 Å². The van der Waals surface area contributed by atoms with Crippen LogP contribution in [-0.4, -0.2) is 23.3 Å². The summed E-state index contributed by atoms with van der Waals surface area (Å²) in [5, 5.41) is 7.21. The smallest absolute Gasteiger partial charge is 0.315 e. The largest absolute Gasteiger partial charge is 0.347 e. The Labute approximate surface area is 121 Å². The molecule has 0 unspecified atom stereocenters. The molecule has 2 rings (SSSR count). The van der Waals surface area contributed by atoms with Gasteiger partial charge in [-0.3, -0.25) is 14.9 Å². The van der Waals surface area contributed by atoms with Gasteiger partial charge in [-0.25, -0.2) is 4.98 Å². The molecule has 5 nitrogen and oxygen atoms in total. The van der Waals surface area contributed by atoms with Crippen LogP contribution in [0.25, 0.3) is 0 Å². The predicted octanol–water partition coefficient (Wildman–Crippen LogP) is 2.00. The predicted molar refractivity (Wildman–Crippen MR) is 78.6 cm³/mol. The maximum atomic E-state index is 11.7. The third kappa shape index (κ3) is 3.89. The first-order valence-corrected chi connectivity index (χ1v) is 7.08. The lowest BCUT2D eigenvalue weighted by Gasteiger charge is -2.12. The van der Waals surface area contributed by atoms with Gasteiger partial charge in [-0.15, -0.1) is 11.3 Å². The van der Waals surface area contributed by atoms with Gasteiger partial charge in [0.25, 0.3) is 0 Å². The standard InChI is InChI=1S/C14H15N3O2S/c1-10(11-5-3-2-4-6-11)9-16-12(18)13(19)17-14-15-7-8-20-14/h2-8,10H,9H2,1H3,(H,16,18)(H,15,17,19)/t10-/m1/s1. The molecule has 2 N–H and O–H groups in total. The quantitative estimate of drug-likeness (QED) is 0.846. The summed E-state index contributed by atoms with van der Waals surface area (Å²) in [6.45, 7) is 2.41. The molecular weight excluding hydrogens is 274 g/mol. The third-order valence-electron chi connectivity index (χ3n) is 2.80. The number of aromatic nitrogens is 1. The molecule has 1 aromatic heterocycles. The van der Waals surface area contributed by atoms with Gasteiger partial charge in [-0.05, 0) is 11.5 Å². The number of hydrogen-bond acceptors (Lipinski definition) is 4.